The fourth-order valence-electron chi connectivity index (χ4n) is 4.05. The number of hydrogen-bond acceptors (Lipinski definition) is 5. The zero-order valence-corrected chi connectivity index (χ0v) is 18.6. The zero-order valence-electron chi connectivity index (χ0n) is 17.1. The predicted molar refractivity (Wildman–Crippen MR) is 130 cm³/mol. The second kappa shape index (κ2) is 8.83. The highest BCUT2D eigenvalue weighted by molar-refractivity contribution is 7.22. The summed E-state index contributed by atoms with van der Waals surface area (Å²) >= 11 is 7.97. The summed E-state index contributed by atoms with van der Waals surface area (Å²) in [4.78, 5) is 22.2. The highest BCUT2D eigenvalue weighted by Gasteiger charge is 2.20. The molecule has 0 saturated carbocycles. The number of amides is 1. The number of aromatic nitrogens is 1. The fraction of sp³-hybridized carbons (Fsp3) is 0.250. The lowest BCUT2D eigenvalue weighted by molar-refractivity contribution is 0.0949. The van der Waals surface area contributed by atoms with E-state index in [1.165, 1.54) is 0 Å². The average molecular weight is 451 g/mol. The topological polar surface area (TPSA) is 48.5 Å². The third kappa shape index (κ3) is 4.24. The highest BCUT2D eigenvalue weighted by atomic mass is 35.5. The summed E-state index contributed by atoms with van der Waals surface area (Å²) in [6.07, 6.45) is 0. The predicted octanol–water partition coefficient (Wildman–Crippen LogP) is 4.65. The number of nitrogens with one attached hydrogen (secondary N) is 1. The molecule has 5 rings (SSSR count). The number of rotatable bonds is 5. The lowest BCUT2D eigenvalue weighted by Gasteiger charge is -2.34. The van der Waals surface area contributed by atoms with Crippen LogP contribution in [0.1, 0.15) is 10.4 Å². The number of anilines is 1. The molecule has 4 aromatic rings. The van der Waals surface area contributed by atoms with Crippen LogP contribution in [0.15, 0.2) is 60.7 Å². The van der Waals surface area contributed by atoms with Gasteiger partial charge >= 0.3 is 0 Å². The normalized spacial score (nSPS) is 14.9. The van der Waals surface area contributed by atoms with E-state index in [4.69, 9.17) is 16.6 Å². The maximum absolute atomic E-state index is 12.7. The van der Waals surface area contributed by atoms with E-state index in [1.54, 1.807) is 11.3 Å². The monoisotopic (exact) mass is 450 g/mol. The molecule has 7 heteroatoms. The van der Waals surface area contributed by atoms with Gasteiger partial charge in [-0.2, -0.15) is 0 Å². The third-order valence-electron chi connectivity index (χ3n) is 5.75. The third-order valence-corrected chi connectivity index (χ3v) is 7.14. The lowest BCUT2D eigenvalue weighted by atomic mass is 10.0. The number of piperazine rings is 1. The van der Waals surface area contributed by atoms with Gasteiger partial charge in [0, 0.05) is 44.8 Å². The van der Waals surface area contributed by atoms with Gasteiger partial charge in [0.2, 0.25) is 0 Å². The molecule has 1 aliphatic heterocycles. The Morgan fingerprint density at radius 2 is 1.77 bits per heavy atom. The van der Waals surface area contributed by atoms with Crippen LogP contribution in [0.5, 0.6) is 0 Å². The smallest absolute Gasteiger partial charge is 0.251 e. The number of hydrogen-bond donors (Lipinski definition) is 1. The molecule has 1 aromatic heterocycles. The van der Waals surface area contributed by atoms with Crippen LogP contribution in [0.2, 0.25) is 5.02 Å². The summed E-state index contributed by atoms with van der Waals surface area (Å²) < 4.78 is 1.13. The van der Waals surface area contributed by atoms with Crippen LogP contribution in [0, 0.1) is 0 Å². The molecule has 1 saturated heterocycles. The maximum Gasteiger partial charge on any atom is 0.251 e. The minimum absolute atomic E-state index is 0.0122. The number of benzene rings is 3. The number of para-hydroxylation sites is 1. The van der Waals surface area contributed by atoms with Gasteiger partial charge in [-0.15, -0.1) is 0 Å². The molecule has 158 valence electrons. The van der Waals surface area contributed by atoms with Crippen molar-refractivity contribution in [3.8, 4) is 0 Å². The Hall–Kier alpha value is -2.67. The summed E-state index contributed by atoms with van der Waals surface area (Å²) in [6, 6.07) is 19.8. The van der Waals surface area contributed by atoms with E-state index in [0.29, 0.717) is 11.6 Å². The largest absolute Gasteiger partial charge is 0.351 e. The Bertz CT molecular complexity index is 1230. The Balaban J connectivity index is 1.14. The van der Waals surface area contributed by atoms with Gasteiger partial charge < -0.3 is 10.2 Å². The zero-order chi connectivity index (χ0) is 21.2. The van der Waals surface area contributed by atoms with Gasteiger partial charge in [-0.05, 0) is 29.0 Å². The molecule has 0 unspecified atom stereocenters. The molecule has 0 aliphatic carbocycles. The van der Waals surface area contributed by atoms with Gasteiger partial charge in [0.25, 0.3) is 5.91 Å². The molecule has 3 aromatic carbocycles. The van der Waals surface area contributed by atoms with Gasteiger partial charge in [-0.1, -0.05) is 65.4 Å². The number of carbonyl (C=O) groups excluding carboxylic acids is 1. The van der Waals surface area contributed by atoms with E-state index in [0.717, 1.165) is 64.4 Å². The van der Waals surface area contributed by atoms with Crippen LogP contribution in [0.3, 0.4) is 0 Å². The number of fused-ring (bicyclic) bond motifs is 2. The second-order valence-corrected chi connectivity index (χ2v) is 9.11. The van der Waals surface area contributed by atoms with Crippen molar-refractivity contribution in [2.45, 2.75) is 0 Å². The maximum atomic E-state index is 12.7. The molecule has 1 aliphatic rings. The SMILES string of the molecule is O=C(NCCN1CCN(c2nc3c(Cl)cccc3s2)CC1)c1cccc2ccccc12. The number of nitrogens with zero attached hydrogens (tertiary/aromatic N) is 3. The van der Waals surface area contributed by atoms with Crippen LogP contribution in [-0.4, -0.2) is 55.1 Å². The van der Waals surface area contributed by atoms with Crippen LogP contribution in [0.4, 0.5) is 5.13 Å². The van der Waals surface area contributed by atoms with Crippen molar-refractivity contribution in [1.82, 2.24) is 15.2 Å². The number of halogens is 1. The standard InChI is InChI=1S/C24H23ClN4OS/c25-20-9-4-10-21-22(20)27-24(31-21)29-15-13-28(14-16-29)12-11-26-23(30)19-8-3-6-17-5-1-2-7-18(17)19/h1-10H,11-16H2,(H,26,30). The first-order chi connectivity index (χ1) is 15.2. The average Bonchev–Trinajstić information content (AvgIpc) is 3.25. The first-order valence-corrected chi connectivity index (χ1v) is 11.7. The fourth-order valence-corrected chi connectivity index (χ4v) is 5.36. The van der Waals surface area contributed by atoms with E-state index >= 15 is 0 Å². The van der Waals surface area contributed by atoms with Crippen LogP contribution in [-0.2, 0) is 0 Å². The quantitative estimate of drug-likeness (QED) is 0.480. The van der Waals surface area contributed by atoms with Crippen LogP contribution < -0.4 is 10.2 Å². The Kier molecular flexibility index (Phi) is 5.76. The summed E-state index contributed by atoms with van der Waals surface area (Å²) in [6.45, 7) is 5.24. The molecular formula is C24H23ClN4OS. The highest BCUT2D eigenvalue weighted by Crippen LogP contribution is 2.33. The van der Waals surface area contributed by atoms with Crippen LogP contribution >= 0.6 is 22.9 Å². The molecule has 1 fully saturated rings. The van der Waals surface area contributed by atoms with Gasteiger partial charge in [-0.25, -0.2) is 4.98 Å². The van der Waals surface area contributed by atoms with Crippen molar-refractivity contribution in [2.24, 2.45) is 0 Å². The molecular weight excluding hydrogens is 428 g/mol. The Labute approximate surface area is 190 Å². The number of carbonyl (C=O) groups is 1. The van der Waals surface area contributed by atoms with Crippen molar-refractivity contribution >= 4 is 55.0 Å². The molecule has 31 heavy (non-hydrogen) atoms. The molecule has 5 nitrogen and oxygen atoms in total. The minimum Gasteiger partial charge on any atom is -0.351 e. The Morgan fingerprint density at radius 1 is 1.00 bits per heavy atom. The first-order valence-electron chi connectivity index (χ1n) is 10.5. The van der Waals surface area contributed by atoms with Gasteiger partial charge in [0.15, 0.2) is 5.13 Å². The molecule has 2 heterocycles. The summed E-state index contributed by atoms with van der Waals surface area (Å²) in [7, 11) is 0. The van der Waals surface area contributed by atoms with Crippen LogP contribution in [0.25, 0.3) is 21.0 Å². The van der Waals surface area contributed by atoms with E-state index in [9.17, 15) is 4.79 Å². The number of thiazole rings is 1. The van der Waals surface area contributed by atoms with Gasteiger partial charge in [0.05, 0.1) is 9.72 Å². The van der Waals surface area contributed by atoms with Crippen molar-refractivity contribution in [3.63, 3.8) is 0 Å². The second-order valence-electron chi connectivity index (χ2n) is 7.69. The van der Waals surface area contributed by atoms with Crippen molar-refractivity contribution in [3.05, 3.63) is 71.2 Å². The molecule has 1 N–H and O–H groups in total. The molecule has 1 amide bonds. The van der Waals surface area contributed by atoms with E-state index in [2.05, 4.69) is 21.2 Å². The van der Waals surface area contributed by atoms with Crippen molar-refractivity contribution in [2.75, 3.05) is 44.2 Å². The summed E-state index contributed by atoms with van der Waals surface area (Å²) in [5.41, 5.74) is 1.63. The Morgan fingerprint density at radius 3 is 2.61 bits per heavy atom. The van der Waals surface area contributed by atoms with Crippen molar-refractivity contribution in [1.29, 1.82) is 0 Å². The first kappa shape index (κ1) is 20.2. The van der Waals surface area contributed by atoms with Crippen molar-refractivity contribution < 1.29 is 4.79 Å². The van der Waals surface area contributed by atoms with Gasteiger partial charge in [0.1, 0.15) is 5.52 Å². The van der Waals surface area contributed by atoms with E-state index in [1.807, 2.05) is 54.6 Å². The molecule has 0 bridgehead atoms. The minimum atomic E-state index is -0.0122. The summed E-state index contributed by atoms with van der Waals surface area (Å²) in [5.74, 6) is -0.0122. The molecule has 0 atom stereocenters. The van der Waals surface area contributed by atoms with E-state index < -0.39 is 0 Å². The molecule has 0 spiro atoms. The lowest BCUT2D eigenvalue weighted by Crippen LogP contribution is -2.48. The van der Waals surface area contributed by atoms with E-state index in [-0.39, 0.29) is 5.91 Å². The van der Waals surface area contributed by atoms with Gasteiger partial charge in [-0.3, -0.25) is 9.69 Å². The summed E-state index contributed by atoms with van der Waals surface area (Å²) in [5, 5.41) is 6.91. The molecule has 0 radical (unpaired) electrons.